The van der Waals surface area contributed by atoms with Crippen molar-refractivity contribution in [2.75, 3.05) is 0 Å². The fourth-order valence-electron chi connectivity index (χ4n) is 1.64. The molecule has 3 nitrogen and oxygen atoms in total. The van der Waals surface area contributed by atoms with Crippen LogP contribution in [0.4, 0.5) is 0 Å². The molecule has 2 aromatic rings. The summed E-state index contributed by atoms with van der Waals surface area (Å²) in [4.78, 5) is 15.2. The second-order valence-electron chi connectivity index (χ2n) is 3.97. The van der Waals surface area contributed by atoms with Crippen LogP contribution in [0.1, 0.15) is 6.92 Å². The molecule has 0 radical (unpaired) electrons. The molecule has 0 unspecified atom stereocenters. The minimum absolute atomic E-state index is 0.122. The number of hydrogen-bond acceptors (Lipinski definition) is 2. The predicted octanol–water partition coefficient (Wildman–Crippen LogP) is 3.29. The van der Waals surface area contributed by atoms with Crippen molar-refractivity contribution in [2.24, 2.45) is 0 Å². The molecule has 0 spiro atoms. The smallest absolute Gasteiger partial charge is 0.262 e. The number of aromatic amines is 1. The van der Waals surface area contributed by atoms with E-state index in [9.17, 15) is 4.79 Å². The topological polar surface area (TPSA) is 37.8 Å². The molecule has 1 heterocycles. The normalized spacial score (nSPS) is 10.7. The molecule has 0 aliphatic rings. The number of rotatable bonds is 2. The Balaban J connectivity index is 2.81. The fourth-order valence-corrected chi connectivity index (χ4v) is 2.07. The van der Waals surface area contributed by atoms with Gasteiger partial charge in [-0.15, -0.1) is 0 Å². The Morgan fingerprint density at radius 2 is 2.29 bits per heavy atom. The second-order valence-corrected chi connectivity index (χ2v) is 4.79. The lowest BCUT2D eigenvalue weighted by atomic mass is 10.2. The third-order valence-electron chi connectivity index (χ3n) is 2.37. The minimum Gasteiger partial charge on any atom is -0.331 e. The maximum atomic E-state index is 12.2. The van der Waals surface area contributed by atoms with Crippen LogP contribution in [0.3, 0.4) is 0 Å². The molecule has 0 saturated carbocycles. The van der Waals surface area contributed by atoms with Crippen molar-refractivity contribution in [2.45, 2.75) is 13.5 Å². The maximum Gasteiger partial charge on any atom is 0.262 e. The van der Waals surface area contributed by atoms with E-state index in [1.807, 2.05) is 6.92 Å². The first-order chi connectivity index (χ1) is 7.99. The molecule has 0 saturated heterocycles. The highest BCUT2D eigenvalue weighted by molar-refractivity contribution is 7.71. The quantitative estimate of drug-likeness (QED) is 0.669. The Bertz CT molecular complexity index is 714. The van der Waals surface area contributed by atoms with Gasteiger partial charge in [-0.1, -0.05) is 23.8 Å². The molecule has 0 aliphatic heterocycles. The summed E-state index contributed by atoms with van der Waals surface area (Å²) in [6.45, 7) is 6.06. The molecule has 88 valence electrons. The minimum atomic E-state index is -0.122. The van der Waals surface area contributed by atoms with Crippen molar-refractivity contribution in [1.29, 1.82) is 0 Å². The van der Waals surface area contributed by atoms with E-state index in [0.29, 0.717) is 27.2 Å². The van der Waals surface area contributed by atoms with Gasteiger partial charge in [0.1, 0.15) is 0 Å². The first-order valence-electron chi connectivity index (χ1n) is 5.06. The molecule has 0 amide bonds. The van der Waals surface area contributed by atoms with Crippen LogP contribution in [-0.2, 0) is 6.54 Å². The van der Waals surface area contributed by atoms with Gasteiger partial charge in [0.15, 0.2) is 4.77 Å². The monoisotopic (exact) mass is 266 g/mol. The van der Waals surface area contributed by atoms with Gasteiger partial charge >= 0.3 is 0 Å². The Morgan fingerprint density at radius 3 is 2.94 bits per heavy atom. The number of fused-ring (bicyclic) bond motifs is 1. The molecule has 1 aromatic carbocycles. The zero-order valence-electron chi connectivity index (χ0n) is 9.29. The molecule has 0 atom stereocenters. The molecule has 0 aliphatic carbocycles. The van der Waals surface area contributed by atoms with Crippen LogP contribution >= 0.6 is 23.8 Å². The second kappa shape index (κ2) is 4.47. The average molecular weight is 267 g/mol. The summed E-state index contributed by atoms with van der Waals surface area (Å²) >= 11 is 11.0. The number of hydrogen-bond donors (Lipinski definition) is 1. The first-order valence-corrected chi connectivity index (χ1v) is 5.84. The van der Waals surface area contributed by atoms with Gasteiger partial charge in [-0.25, -0.2) is 0 Å². The lowest BCUT2D eigenvalue weighted by Gasteiger charge is -2.07. The van der Waals surface area contributed by atoms with Crippen LogP contribution in [-0.4, -0.2) is 9.55 Å². The fraction of sp³-hybridized carbons (Fsp3) is 0.167. The van der Waals surface area contributed by atoms with Crippen LogP contribution in [0.25, 0.3) is 10.9 Å². The van der Waals surface area contributed by atoms with Crippen molar-refractivity contribution < 1.29 is 0 Å². The number of nitrogens with zero attached hydrogens (tertiary/aromatic N) is 1. The van der Waals surface area contributed by atoms with E-state index >= 15 is 0 Å². The summed E-state index contributed by atoms with van der Waals surface area (Å²) in [6.07, 6.45) is 0. The standard InChI is InChI=1S/C12H11ClN2OS/c1-7(2)6-15-11(16)9-4-3-8(13)5-10(9)14-12(15)17/h3-5H,1,6H2,2H3,(H,14,17). The molecule has 1 aromatic heterocycles. The van der Waals surface area contributed by atoms with E-state index in [-0.39, 0.29) is 5.56 Å². The van der Waals surface area contributed by atoms with Gasteiger partial charge in [0.2, 0.25) is 0 Å². The van der Waals surface area contributed by atoms with E-state index in [0.717, 1.165) is 5.57 Å². The number of aromatic nitrogens is 2. The Hall–Kier alpha value is -1.39. The number of benzene rings is 1. The first kappa shape index (κ1) is 12.1. The van der Waals surface area contributed by atoms with Crippen molar-refractivity contribution in [1.82, 2.24) is 9.55 Å². The lowest BCUT2D eigenvalue weighted by molar-refractivity contribution is 0.725. The number of halogens is 1. The van der Waals surface area contributed by atoms with E-state index in [4.69, 9.17) is 23.8 Å². The number of H-pyrrole nitrogens is 1. The zero-order valence-corrected chi connectivity index (χ0v) is 10.9. The lowest BCUT2D eigenvalue weighted by Crippen LogP contribution is -2.22. The van der Waals surface area contributed by atoms with Crippen molar-refractivity contribution >= 4 is 34.7 Å². The van der Waals surface area contributed by atoms with Gasteiger partial charge in [-0.2, -0.15) is 0 Å². The van der Waals surface area contributed by atoms with E-state index in [1.165, 1.54) is 4.57 Å². The zero-order chi connectivity index (χ0) is 12.6. The molecular weight excluding hydrogens is 256 g/mol. The Labute approximate surface area is 108 Å². The maximum absolute atomic E-state index is 12.2. The molecule has 2 rings (SSSR count). The van der Waals surface area contributed by atoms with Crippen LogP contribution in [0.2, 0.25) is 5.02 Å². The van der Waals surface area contributed by atoms with Gasteiger partial charge < -0.3 is 4.98 Å². The van der Waals surface area contributed by atoms with Crippen LogP contribution in [0, 0.1) is 4.77 Å². The van der Waals surface area contributed by atoms with E-state index < -0.39 is 0 Å². The van der Waals surface area contributed by atoms with Crippen molar-refractivity contribution in [3.63, 3.8) is 0 Å². The van der Waals surface area contributed by atoms with Gasteiger partial charge in [0, 0.05) is 11.6 Å². The number of allylic oxidation sites excluding steroid dienone is 1. The molecule has 5 heteroatoms. The molecule has 17 heavy (non-hydrogen) atoms. The van der Waals surface area contributed by atoms with Crippen LogP contribution in [0.15, 0.2) is 35.1 Å². The van der Waals surface area contributed by atoms with Crippen molar-refractivity contribution in [3.8, 4) is 0 Å². The average Bonchev–Trinajstić information content (AvgIpc) is 2.23. The van der Waals surface area contributed by atoms with Crippen LogP contribution < -0.4 is 5.56 Å². The highest BCUT2D eigenvalue weighted by Crippen LogP contribution is 2.14. The molecule has 1 N–H and O–H groups in total. The van der Waals surface area contributed by atoms with E-state index in [2.05, 4.69) is 11.6 Å². The third-order valence-corrected chi connectivity index (χ3v) is 2.93. The largest absolute Gasteiger partial charge is 0.331 e. The van der Waals surface area contributed by atoms with Crippen LogP contribution in [0.5, 0.6) is 0 Å². The molecule has 0 bridgehead atoms. The predicted molar refractivity (Wildman–Crippen MR) is 73.2 cm³/mol. The highest BCUT2D eigenvalue weighted by Gasteiger charge is 2.05. The summed E-state index contributed by atoms with van der Waals surface area (Å²) in [5.74, 6) is 0. The van der Waals surface area contributed by atoms with Gasteiger partial charge in [0.05, 0.1) is 10.9 Å². The van der Waals surface area contributed by atoms with E-state index in [1.54, 1.807) is 18.2 Å². The van der Waals surface area contributed by atoms with Gasteiger partial charge in [-0.05, 0) is 37.3 Å². The highest BCUT2D eigenvalue weighted by atomic mass is 35.5. The molecule has 0 fully saturated rings. The SMILES string of the molecule is C=C(C)Cn1c(=S)[nH]c2cc(Cl)ccc2c1=O. The third kappa shape index (κ3) is 2.33. The van der Waals surface area contributed by atoms with Gasteiger partial charge in [0.25, 0.3) is 5.56 Å². The summed E-state index contributed by atoms with van der Waals surface area (Å²) in [7, 11) is 0. The summed E-state index contributed by atoms with van der Waals surface area (Å²) in [6, 6.07) is 5.08. The summed E-state index contributed by atoms with van der Waals surface area (Å²) in [5, 5.41) is 1.14. The Kier molecular flexibility index (Phi) is 3.17. The number of nitrogens with one attached hydrogen (secondary N) is 1. The molecular formula is C12H11ClN2OS. The summed E-state index contributed by atoms with van der Waals surface area (Å²) < 4.78 is 1.88. The summed E-state index contributed by atoms with van der Waals surface area (Å²) in [5.41, 5.74) is 1.41. The van der Waals surface area contributed by atoms with Crippen molar-refractivity contribution in [3.05, 3.63) is 50.5 Å². The Morgan fingerprint density at radius 1 is 1.59 bits per heavy atom. The van der Waals surface area contributed by atoms with Gasteiger partial charge in [-0.3, -0.25) is 9.36 Å².